The Kier molecular flexibility index (Phi) is 2.77. The van der Waals surface area contributed by atoms with Crippen molar-refractivity contribution in [2.45, 2.75) is 13.7 Å². The van der Waals surface area contributed by atoms with E-state index in [1.807, 2.05) is 5.38 Å². The molecule has 0 atom stereocenters. The van der Waals surface area contributed by atoms with Gasteiger partial charge in [-0.05, 0) is 0 Å². The summed E-state index contributed by atoms with van der Waals surface area (Å²) in [6, 6.07) is 0. The lowest BCUT2D eigenvalue weighted by Crippen LogP contribution is -2.06. The number of thiazole rings is 1. The number of aromatic nitrogens is 3. The van der Waals surface area contributed by atoms with Crippen LogP contribution in [0, 0.1) is 0 Å². The zero-order valence-corrected chi connectivity index (χ0v) is 8.90. The van der Waals surface area contributed by atoms with Gasteiger partial charge in [-0.15, -0.1) is 11.3 Å². The summed E-state index contributed by atoms with van der Waals surface area (Å²) < 4.78 is 6.62. The van der Waals surface area contributed by atoms with Crippen molar-refractivity contribution in [2.24, 2.45) is 0 Å². The molecular weight excluding hydrogens is 214 g/mol. The molecule has 0 aromatic carbocycles. The van der Waals surface area contributed by atoms with Gasteiger partial charge in [0.05, 0.1) is 0 Å². The van der Waals surface area contributed by atoms with Crippen molar-refractivity contribution < 1.29 is 9.53 Å². The molecule has 0 bridgehead atoms. The van der Waals surface area contributed by atoms with Gasteiger partial charge in [0.2, 0.25) is 0 Å². The average molecular weight is 223 g/mol. The van der Waals surface area contributed by atoms with Gasteiger partial charge in [0, 0.05) is 30.9 Å². The molecule has 15 heavy (non-hydrogen) atoms. The number of imidazole rings is 1. The summed E-state index contributed by atoms with van der Waals surface area (Å²) in [5, 5.41) is 2.69. The predicted molar refractivity (Wildman–Crippen MR) is 55.1 cm³/mol. The minimum atomic E-state index is -0.311. The Hall–Kier alpha value is -1.69. The first-order chi connectivity index (χ1) is 7.27. The number of nitrogens with zero attached hydrogens (tertiary/aromatic N) is 3. The highest BCUT2D eigenvalue weighted by molar-refractivity contribution is 7.13. The van der Waals surface area contributed by atoms with Crippen molar-refractivity contribution in [1.29, 1.82) is 0 Å². The third-order valence-corrected chi connectivity index (χ3v) is 2.52. The van der Waals surface area contributed by atoms with Crippen LogP contribution < -0.4 is 0 Å². The van der Waals surface area contributed by atoms with E-state index in [1.54, 1.807) is 23.2 Å². The van der Waals surface area contributed by atoms with Gasteiger partial charge in [-0.2, -0.15) is 0 Å². The Morgan fingerprint density at radius 2 is 2.40 bits per heavy atom. The van der Waals surface area contributed by atoms with E-state index in [0.29, 0.717) is 5.82 Å². The number of carbonyl (C=O) groups is 1. The van der Waals surface area contributed by atoms with Crippen LogP contribution in [0.4, 0.5) is 0 Å². The second-order valence-corrected chi connectivity index (χ2v) is 3.72. The Balaban J connectivity index is 2.19. The Morgan fingerprint density at radius 3 is 3.07 bits per heavy atom. The summed E-state index contributed by atoms with van der Waals surface area (Å²) in [7, 11) is 0. The van der Waals surface area contributed by atoms with Crippen LogP contribution in [0.1, 0.15) is 6.92 Å². The molecule has 0 aliphatic rings. The molecular formula is C9H9N3O2S. The molecule has 5 nitrogen and oxygen atoms in total. The molecule has 0 fully saturated rings. The quantitative estimate of drug-likeness (QED) is 0.740. The molecule has 0 aliphatic heterocycles. The minimum absolute atomic E-state index is 0.171. The van der Waals surface area contributed by atoms with Crippen LogP contribution in [-0.4, -0.2) is 20.5 Å². The van der Waals surface area contributed by atoms with E-state index in [0.717, 1.165) is 5.01 Å². The van der Waals surface area contributed by atoms with Crippen LogP contribution in [0.25, 0.3) is 10.8 Å². The SMILES string of the molecule is CC(=O)OCn1ccnc1-c1nccs1. The van der Waals surface area contributed by atoms with E-state index in [1.165, 1.54) is 18.3 Å². The lowest BCUT2D eigenvalue weighted by Gasteiger charge is -2.05. The van der Waals surface area contributed by atoms with E-state index < -0.39 is 0 Å². The van der Waals surface area contributed by atoms with Gasteiger partial charge < -0.3 is 4.74 Å². The zero-order chi connectivity index (χ0) is 10.7. The predicted octanol–water partition coefficient (Wildman–Crippen LogP) is 1.53. The van der Waals surface area contributed by atoms with Crippen molar-refractivity contribution >= 4 is 17.3 Å². The third-order valence-electron chi connectivity index (χ3n) is 1.75. The first-order valence-corrected chi connectivity index (χ1v) is 5.19. The second-order valence-electron chi connectivity index (χ2n) is 2.82. The van der Waals surface area contributed by atoms with Gasteiger partial charge >= 0.3 is 5.97 Å². The number of hydrogen-bond donors (Lipinski definition) is 0. The smallest absolute Gasteiger partial charge is 0.304 e. The van der Waals surface area contributed by atoms with Gasteiger partial charge in [-0.25, -0.2) is 9.97 Å². The molecule has 2 heterocycles. The molecule has 78 valence electrons. The molecule has 2 rings (SSSR count). The second kappa shape index (κ2) is 4.22. The first kappa shape index (κ1) is 9.85. The molecule has 0 unspecified atom stereocenters. The van der Waals surface area contributed by atoms with Crippen LogP contribution in [-0.2, 0) is 16.3 Å². The normalized spacial score (nSPS) is 10.2. The largest absolute Gasteiger partial charge is 0.444 e. The minimum Gasteiger partial charge on any atom is -0.444 e. The Bertz CT molecular complexity index is 450. The number of ether oxygens (including phenoxy) is 1. The molecule has 0 spiro atoms. The van der Waals surface area contributed by atoms with Crippen LogP contribution in [0.2, 0.25) is 0 Å². The maximum absolute atomic E-state index is 10.7. The fourth-order valence-corrected chi connectivity index (χ4v) is 1.75. The van der Waals surface area contributed by atoms with Gasteiger partial charge in [0.15, 0.2) is 17.6 Å². The van der Waals surface area contributed by atoms with Gasteiger partial charge in [0.25, 0.3) is 0 Å². The van der Waals surface area contributed by atoms with Crippen molar-refractivity contribution in [3.8, 4) is 10.8 Å². The topological polar surface area (TPSA) is 57.0 Å². The van der Waals surface area contributed by atoms with Crippen LogP contribution in [0.15, 0.2) is 24.0 Å². The summed E-state index contributed by atoms with van der Waals surface area (Å²) in [5.41, 5.74) is 0. The summed E-state index contributed by atoms with van der Waals surface area (Å²) >= 11 is 1.49. The standard InChI is InChI=1S/C9H9N3O2S/c1-7(13)14-6-12-4-2-10-8(12)9-11-3-5-15-9/h2-5H,6H2,1H3. The number of rotatable bonds is 3. The van der Waals surface area contributed by atoms with E-state index in [9.17, 15) is 4.79 Å². The summed E-state index contributed by atoms with van der Waals surface area (Å²) in [4.78, 5) is 19.0. The highest BCUT2D eigenvalue weighted by atomic mass is 32.1. The number of hydrogen-bond acceptors (Lipinski definition) is 5. The lowest BCUT2D eigenvalue weighted by atomic mass is 10.6. The number of esters is 1. The van der Waals surface area contributed by atoms with Crippen LogP contribution >= 0.6 is 11.3 Å². The summed E-state index contributed by atoms with van der Waals surface area (Å²) in [5.74, 6) is 0.403. The van der Waals surface area contributed by atoms with Gasteiger partial charge in [-0.3, -0.25) is 9.36 Å². The molecule has 0 N–H and O–H groups in total. The number of carbonyl (C=O) groups excluding carboxylic acids is 1. The third kappa shape index (κ3) is 2.21. The lowest BCUT2D eigenvalue weighted by molar-refractivity contribution is -0.144. The fourth-order valence-electron chi connectivity index (χ4n) is 1.11. The van der Waals surface area contributed by atoms with Crippen LogP contribution in [0.3, 0.4) is 0 Å². The molecule has 6 heteroatoms. The average Bonchev–Trinajstić information content (AvgIpc) is 2.85. The monoisotopic (exact) mass is 223 g/mol. The zero-order valence-electron chi connectivity index (χ0n) is 8.08. The van der Waals surface area contributed by atoms with E-state index in [2.05, 4.69) is 9.97 Å². The Labute approximate surface area is 90.4 Å². The Morgan fingerprint density at radius 1 is 1.53 bits per heavy atom. The maximum atomic E-state index is 10.7. The van der Waals surface area contributed by atoms with E-state index in [4.69, 9.17) is 4.74 Å². The van der Waals surface area contributed by atoms with Crippen LogP contribution in [0.5, 0.6) is 0 Å². The first-order valence-electron chi connectivity index (χ1n) is 4.32. The maximum Gasteiger partial charge on any atom is 0.304 e. The molecule has 2 aromatic rings. The molecule has 0 saturated carbocycles. The summed E-state index contributed by atoms with van der Waals surface area (Å²) in [6.45, 7) is 1.55. The van der Waals surface area contributed by atoms with Gasteiger partial charge in [0.1, 0.15) is 0 Å². The fraction of sp³-hybridized carbons (Fsp3) is 0.222. The van der Waals surface area contributed by atoms with E-state index in [-0.39, 0.29) is 12.7 Å². The van der Waals surface area contributed by atoms with Crippen molar-refractivity contribution in [3.63, 3.8) is 0 Å². The van der Waals surface area contributed by atoms with Crippen molar-refractivity contribution in [1.82, 2.24) is 14.5 Å². The highest BCUT2D eigenvalue weighted by Gasteiger charge is 2.08. The van der Waals surface area contributed by atoms with Crippen molar-refractivity contribution in [2.75, 3.05) is 0 Å². The molecule has 0 amide bonds. The molecule has 0 radical (unpaired) electrons. The molecule has 0 aliphatic carbocycles. The molecule has 0 saturated heterocycles. The van der Waals surface area contributed by atoms with Crippen molar-refractivity contribution in [3.05, 3.63) is 24.0 Å². The highest BCUT2D eigenvalue weighted by Crippen LogP contribution is 2.19. The van der Waals surface area contributed by atoms with E-state index >= 15 is 0 Å². The van der Waals surface area contributed by atoms with Gasteiger partial charge in [-0.1, -0.05) is 0 Å². The summed E-state index contributed by atoms with van der Waals surface area (Å²) in [6.07, 6.45) is 5.12. The molecule has 2 aromatic heterocycles.